The van der Waals surface area contributed by atoms with E-state index < -0.39 is 0 Å². The van der Waals surface area contributed by atoms with Crippen LogP contribution in [0.3, 0.4) is 0 Å². The lowest BCUT2D eigenvalue weighted by Gasteiger charge is -2.33. The first kappa shape index (κ1) is 11.1. The minimum Gasteiger partial charge on any atom is -0.320 e. The van der Waals surface area contributed by atoms with Crippen LogP contribution in [-0.4, -0.2) is 0 Å². The summed E-state index contributed by atoms with van der Waals surface area (Å²) in [5.74, 6) is 0. The summed E-state index contributed by atoms with van der Waals surface area (Å²) in [5.41, 5.74) is 4.93. The number of rotatable bonds is 1. The highest BCUT2D eigenvalue weighted by Crippen LogP contribution is 2.37. The van der Waals surface area contributed by atoms with Crippen molar-refractivity contribution in [2.24, 2.45) is 0 Å². The fraction of sp³-hybridized carbons (Fsp3) is 0.312. The third kappa shape index (κ3) is 1.93. The SMILES string of the molecule is N#CC1=CN(c2ccccc2)C2=C(CCCC2)C1. The lowest BCUT2D eigenvalue weighted by molar-refractivity contribution is 0.641. The van der Waals surface area contributed by atoms with Gasteiger partial charge in [0.1, 0.15) is 0 Å². The van der Waals surface area contributed by atoms with E-state index in [9.17, 15) is 5.26 Å². The van der Waals surface area contributed by atoms with E-state index in [1.54, 1.807) is 0 Å². The maximum atomic E-state index is 9.18. The van der Waals surface area contributed by atoms with Gasteiger partial charge in [0.15, 0.2) is 0 Å². The van der Waals surface area contributed by atoms with Crippen LogP contribution in [0.2, 0.25) is 0 Å². The Morgan fingerprint density at radius 2 is 1.83 bits per heavy atom. The number of nitriles is 1. The lowest BCUT2D eigenvalue weighted by atomic mass is 9.88. The molecular weight excluding hydrogens is 220 g/mol. The highest BCUT2D eigenvalue weighted by molar-refractivity contribution is 5.60. The van der Waals surface area contributed by atoms with E-state index >= 15 is 0 Å². The number of benzene rings is 1. The van der Waals surface area contributed by atoms with Gasteiger partial charge in [0.25, 0.3) is 0 Å². The fourth-order valence-corrected chi connectivity index (χ4v) is 2.83. The Morgan fingerprint density at radius 3 is 2.61 bits per heavy atom. The molecule has 0 atom stereocenters. The molecule has 0 fully saturated rings. The van der Waals surface area contributed by atoms with Gasteiger partial charge in [0, 0.05) is 24.0 Å². The third-order valence-electron chi connectivity index (χ3n) is 3.71. The zero-order chi connectivity index (χ0) is 12.4. The topological polar surface area (TPSA) is 27.0 Å². The normalized spacial score (nSPS) is 19.1. The van der Waals surface area contributed by atoms with Crippen molar-refractivity contribution in [2.45, 2.75) is 32.1 Å². The van der Waals surface area contributed by atoms with Gasteiger partial charge < -0.3 is 4.90 Å². The lowest BCUT2D eigenvalue weighted by Crippen LogP contribution is -2.23. The largest absolute Gasteiger partial charge is 0.320 e. The predicted molar refractivity (Wildman–Crippen MR) is 72.7 cm³/mol. The highest BCUT2D eigenvalue weighted by Gasteiger charge is 2.23. The summed E-state index contributed by atoms with van der Waals surface area (Å²) in [6.07, 6.45) is 7.68. The first-order valence-electron chi connectivity index (χ1n) is 6.54. The molecule has 18 heavy (non-hydrogen) atoms. The zero-order valence-corrected chi connectivity index (χ0v) is 10.4. The van der Waals surface area contributed by atoms with Gasteiger partial charge in [-0.1, -0.05) is 18.2 Å². The number of para-hydroxylation sites is 1. The van der Waals surface area contributed by atoms with Crippen LogP contribution in [0, 0.1) is 11.3 Å². The average Bonchev–Trinajstić information content (AvgIpc) is 2.47. The minimum absolute atomic E-state index is 0.856. The van der Waals surface area contributed by atoms with Crippen LogP contribution in [0.4, 0.5) is 5.69 Å². The number of hydrogen-bond acceptors (Lipinski definition) is 2. The predicted octanol–water partition coefficient (Wildman–Crippen LogP) is 4.13. The summed E-state index contributed by atoms with van der Waals surface area (Å²) >= 11 is 0. The molecule has 90 valence electrons. The molecule has 1 aliphatic heterocycles. The monoisotopic (exact) mass is 236 g/mol. The average molecular weight is 236 g/mol. The van der Waals surface area contributed by atoms with Crippen molar-refractivity contribution in [1.82, 2.24) is 0 Å². The molecule has 1 aromatic rings. The van der Waals surface area contributed by atoms with E-state index in [4.69, 9.17) is 0 Å². The van der Waals surface area contributed by atoms with Gasteiger partial charge in [-0.15, -0.1) is 0 Å². The van der Waals surface area contributed by atoms with Crippen molar-refractivity contribution in [1.29, 1.82) is 5.26 Å². The Kier molecular flexibility index (Phi) is 2.90. The molecule has 0 radical (unpaired) electrons. The Bertz CT molecular complexity index is 546. The molecule has 1 aromatic carbocycles. The van der Waals surface area contributed by atoms with E-state index in [-0.39, 0.29) is 0 Å². The van der Waals surface area contributed by atoms with Gasteiger partial charge in [-0.3, -0.25) is 0 Å². The first-order chi connectivity index (χ1) is 8.88. The molecular formula is C16H16N2. The molecule has 0 amide bonds. The van der Waals surface area contributed by atoms with Crippen molar-refractivity contribution >= 4 is 5.69 Å². The minimum atomic E-state index is 0.856. The second-order valence-electron chi connectivity index (χ2n) is 4.91. The maximum absolute atomic E-state index is 9.18. The van der Waals surface area contributed by atoms with Crippen LogP contribution in [0.15, 0.2) is 53.4 Å². The highest BCUT2D eigenvalue weighted by atomic mass is 15.1. The second kappa shape index (κ2) is 4.70. The van der Waals surface area contributed by atoms with Gasteiger partial charge in [-0.05, 0) is 43.4 Å². The van der Waals surface area contributed by atoms with Crippen LogP contribution >= 0.6 is 0 Å². The molecule has 0 spiro atoms. The quantitative estimate of drug-likeness (QED) is 0.733. The number of hydrogen-bond donors (Lipinski definition) is 0. The smallest absolute Gasteiger partial charge is 0.0966 e. The zero-order valence-electron chi connectivity index (χ0n) is 10.4. The number of allylic oxidation sites excluding steroid dienone is 3. The van der Waals surface area contributed by atoms with Crippen molar-refractivity contribution in [3.63, 3.8) is 0 Å². The summed E-state index contributed by atoms with van der Waals surface area (Å²) in [4.78, 5) is 2.22. The van der Waals surface area contributed by atoms with Gasteiger partial charge >= 0.3 is 0 Å². The molecule has 1 heterocycles. The summed E-state index contributed by atoms with van der Waals surface area (Å²) in [6, 6.07) is 12.7. The molecule has 0 N–H and O–H groups in total. The molecule has 2 aliphatic rings. The molecule has 0 aromatic heterocycles. The van der Waals surface area contributed by atoms with E-state index in [0.717, 1.165) is 24.8 Å². The molecule has 3 rings (SSSR count). The van der Waals surface area contributed by atoms with Crippen LogP contribution in [0.5, 0.6) is 0 Å². The van der Waals surface area contributed by atoms with Crippen molar-refractivity contribution < 1.29 is 0 Å². The van der Waals surface area contributed by atoms with E-state index in [0.29, 0.717) is 0 Å². The molecule has 0 unspecified atom stereocenters. The van der Waals surface area contributed by atoms with E-state index in [1.807, 2.05) is 24.4 Å². The van der Waals surface area contributed by atoms with Gasteiger partial charge in [-0.2, -0.15) is 5.26 Å². The Balaban J connectivity index is 2.04. The molecule has 0 saturated carbocycles. The number of anilines is 1. The van der Waals surface area contributed by atoms with Crippen LogP contribution in [0.1, 0.15) is 32.1 Å². The Hall–Kier alpha value is -2.01. The third-order valence-corrected chi connectivity index (χ3v) is 3.71. The van der Waals surface area contributed by atoms with E-state index in [1.165, 1.54) is 29.8 Å². The summed E-state index contributed by atoms with van der Waals surface area (Å²) < 4.78 is 0. The standard InChI is InChI=1S/C16H16N2/c17-11-13-10-14-6-4-5-9-16(14)18(12-13)15-7-2-1-3-8-15/h1-3,7-8,12H,4-6,9-10H2. The summed E-state index contributed by atoms with van der Waals surface area (Å²) in [6.45, 7) is 0. The Morgan fingerprint density at radius 1 is 1.06 bits per heavy atom. The van der Waals surface area contributed by atoms with Crippen molar-refractivity contribution in [3.8, 4) is 6.07 Å². The van der Waals surface area contributed by atoms with Crippen LogP contribution in [0.25, 0.3) is 0 Å². The summed E-state index contributed by atoms with van der Waals surface area (Å²) in [5, 5.41) is 9.18. The molecule has 2 nitrogen and oxygen atoms in total. The van der Waals surface area contributed by atoms with Gasteiger partial charge in [-0.25, -0.2) is 0 Å². The summed E-state index contributed by atoms with van der Waals surface area (Å²) in [7, 11) is 0. The molecule has 0 bridgehead atoms. The van der Waals surface area contributed by atoms with Crippen molar-refractivity contribution in [3.05, 3.63) is 53.4 Å². The Labute approximate surface area is 108 Å². The molecule has 0 saturated heterocycles. The molecule has 1 aliphatic carbocycles. The number of nitrogens with zero attached hydrogens (tertiary/aromatic N) is 2. The first-order valence-corrected chi connectivity index (χ1v) is 6.54. The van der Waals surface area contributed by atoms with Crippen LogP contribution in [-0.2, 0) is 0 Å². The fourth-order valence-electron chi connectivity index (χ4n) is 2.83. The van der Waals surface area contributed by atoms with E-state index in [2.05, 4.69) is 23.1 Å². The van der Waals surface area contributed by atoms with Crippen molar-refractivity contribution in [2.75, 3.05) is 4.90 Å². The molecule has 2 heteroatoms. The van der Waals surface area contributed by atoms with Gasteiger partial charge in [0.05, 0.1) is 11.6 Å². The van der Waals surface area contributed by atoms with Gasteiger partial charge in [0.2, 0.25) is 0 Å². The maximum Gasteiger partial charge on any atom is 0.0966 e. The van der Waals surface area contributed by atoms with Crippen LogP contribution < -0.4 is 4.90 Å². The second-order valence-corrected chi connectivity index (χ2v) is 4.91.